The van der Waals surface area contributed by atoms with E-state index in [0.29, 0.717) is 24.4 Å². The van der Waals surface area contributed by atoms with E-state index in [0.717, 1.165) is 0 Å². The summed E-state index contributed by atoms with van der Waals surface area (Å²) in [5.74, 6) is 0.144. The van der Waals surface area contributed by atoms with Crippen molar-refractivity contribution in [3.8, 4) is 5.75 Å². The maximum absolute atomic E-state index is 11.1. The lowest BCUT2D eigenvalue weighted by Gasteiger charge is -2.19. The third-order valence-electron chi connectivity index (χ3n) is 2.89. The van der Waals surface area contributed by atoms with Crippen LogP contribution in [0.3, 0.4) is 0 Å². The molecule has 0 aliphatic rings. The van der Waals surface area contributed by atoms with Crippen molar-refractivity contribution in [3.05, 3.63) is 28.3 Å². The number of nitro groups is 1. The molecule has 0 saturated heterocycles. The first-order valence-electron chi connectivity index (χ1n) is 6.10. The molecule has 0 aromatic heterocycles. The van der Waals surface area contributed by atoms with E-state index >= 15 is 0 Å². The Morgan fingerprint density at radius 2 is 2.10 bits per heavy atom. The number of nitro benzene ring substituents is 1. The van der Waals surface area contributed by atoms with Crippen molar-refractivity contribution in [2.45, 2.75) is 12.8 Å². The zero-order chi connectivity index (χ0) is 15.1. The molecule has 0 atom stereocenters. The highest BCUT2D eigenvalue weighted by molar-refractivity contribution is 5.69. The van der Waals surface area contributed by atoms with Gasteiger partial charge in [-0.25, -0.2) is 0 Å². The van der Waals surface area contributed by atoms with E-state index in [9.17, 15) is 14.9 Å². The average Bonchev–Trinajstić information content (AvgIpc) is 2.45. The molecule has 7 heteroatoms. The first kappa shape index (κ1) is 15.7. The summed E-state index contributed by atoms with van der Waals surface area (Å²) in [5, 5.41) is 11.1. The van der Waals surface area contributed by atoms with Crippen molar-refractivity contribution in [3.63, 3.8) is 0 Å². The summed E-state index contributed by atoms with van der Waals surface area (Å²) in [7, 11) is 4.53. The molecule has 0 saturated carbocycles. The van der Waals surface area contributed by atoms with Crippen LogP contribution in [0.4, 0.5) is 11.4 Å². The molecule has 1 rings (SSSR count). The Morgan fingerprint density at radius 3 is 2.65 bits per heavy atom. The van der Waals surface area contributed by atoms with Crippen LogP contribution in [0.1, 0.15) is 12.8 Å². The minimum absolute atomic E-state index is 0.0232. The van der Waals surface area contributed by atoms with E-state index in [2.05, 4.69) is 4.74 Å². The molecule has 0 aliphatic heterocycles. The number of methoxy groups -OCH3 is 2. The molecule has 110 valence electrons. The minimum atomic E-state index is -0.450. The lowest BCUT2D eigenvalue weighted by molar-refractivity contribution is -0.384. The van der Waals surface area contributed by atoms with Crippen molar-refractivity contribution in [1.82, 2.24) is 0 Å². The predicted octanol–water partition coefficient (Wildman–Crippen LogP) is 1.99. The molecule has 0 aliphatic carbocycles. The van der Waals surface area contributed by atoms with Gasteiger partial charge in [0.05, 0.1) is 25.2 Å². The van der Waals surface area contributed by atoms with Gasteiger partial charge >= 0.3 is 5.97 Å². The van der Waals surface area contributed by atoms with E-state index in [1.807, 2.05) is 0 Å². The summed E-state index contributed by atoms with van der Waals surface area (Å²) in [4.78, 5) is 23.4. The molecule has 0 bridgehead atoms. The number of benzene rings is 1. The van der Waals surface area contributed by atoms with Gasteiger partial charge in [-0.1, -0.05) is 0 Å². The molecule has 0 unspecified atom stereocenters. The molecule has 0 fully saturated rings. The fourth-order valence-corrected chi connectivity index (χ4v) is 1.78. The highest BCUT2D eigenvalue weighted by atomic mass is 16.6. The van der Waals surface area contributed by atoms with Crippen molar-refractivity contribution >= 4 is 17.3 Å². The average molecular weight is 282 g/mol. The Balaban J connectivity index is 2.78. The van der Waals surface area contributed by atoms with Crippen LogP contribution in [-0.4, -0.2) is 38.7 Å². The number of rotatable bonds is 7. The fourth-order valence-electron chi connectivity index (χ4n) is 1.78. The molecule has 0 radical (unpaired) electrons. The van der Waals surface area contributed by atoms with E-state index in [1.165, 1.54) is 20.3 Å². The van der Waals surface area contributed by atoms with E-state index < -0.39 is 4.92 Å². The molecule has 0 amide bonds. The number of hydrogen-bond donors (Lipinski definition) is 0. The SMILES string of the molecule is COC(=O)CCCN(C)c1ccc(OC)cc1[N+](=O)[O-]. The highest BCUT2D eigenvalue weighted by Gasteiger charge is 2.18. The number of ether oxygens (including phenoxy) is 2. The monoisotopic (exact) mass is 282 g/mol. The maximum Gasteiger partial charge on any atom is 0.305 e. The molecular formula is C13H18N2O5. The quantitative estimate of drug-likeness (QED) is 0.432. The zero-order valence-corrected chi connectivity index (χ0v) is 11.8. The Labute approximate surface area is 117 Å². The number of esters is 1. The Bertz CT molecular complexity index is 490. The second kappa shape index (κ2) is 7.32. The molecule has 0 heterocycles. The highest BCUT2D eigenvalue weighted by Crippen LogP contribution is 2.31. The summed E-state index contributed by atoms with van der Waals surface area (Å²) >= 11 is 0. The van der Waals surface area contributed by atoms with Crippen LogP contribution >= 0.6 is 0 Å². The molecule has 0 N–H and O–H groups in total. The normalized spacial score (nSPS) is 9.95. The van der Waals surface area contributed by atoms with Gasteiger partial charge in [0.15, 0.2) is 0 Å². The van der Waals surface area contributed by atoms with Crippen LogP contribution in [0.25, 0.3) is 0 Å². The van der Waals surface area contributed by atoms with E-state index in [-0.39, 0.29) is 18.1 Å². The van der Waals surface area contributed by atoms with Gasteiger partial charge < -0.3 is 14.4 Å². The molecule has 7 nitrogen and oxygen atoms in total. The Hall–Kier alpha value is -2.31. The molecule has 0 spiro atoms. The van der Waals surface area contributed by atoms with Crippen LogP contribution < -0.4 is 9.64 Å². The van der Waals surface area contributed by atoms with Gasteiger partial charge in [0.1, 0.15) is 11.4 Å². The molecular weight excluding hydrogens is 264 g/mol. The van der Waals surface area contributed by atoms with Crippen LogP contribution in [0.2, 0.25) is 0 Å². The molecule has 1 aromatic rings. The fraction of sp³-hybridized carbons (Fsp3) is 0.462. The summed E-state index contributed by atoms with van der Waals surface area (Å²) in [5.41, 5.74) is 0.464. The predicted molar refractivity (Wildman–Crippen MR) is 74.2 cm³/mol. The van der Waals surface area contributed by atoms with Crippen molar-refractivity contribution in [2.75, 3.05) is 32.7 Å². The number of carbonyl (C=O) groups is 1. The summed E-state index contributed by atoms with van der Waals surface area (Å²) < 4.78 is 9.53. The second-order valence-electron chi connectivity index (χ2n) is 4.21. The van der Waals surface area contributed by atoms with Crippen molar-refractivity contribution in [1.29, 1.82) is 0 Å². The van der Waals surface area contributed by atoms with Crippen LogP contribution in [0, 0.1) is 10.1 Å². The smallest absolute Gasteiger partial charge is 0.305 e. The van der Waals surface area contributed by atoms with Crippen molar-refractivity contribution in [2.24, 2.45) is 0 Å². The van der Waals surface area contributed by atoms with Gasteiger partial charge in [0, 0.05) is 20.0 Å². The second-order valence-corrected chi connectivity index (χ2v) is 4.21. The number of anilines is 1. The standard InChI is InChI=1S/C13H18N2O5/c1-14(8-4-5-13(16)20-3)11-7-6-10(19-2)9-12(11)15(17)18/h6-7,9H,4-5,8H2,1-3H3. The Kier molecular flexibility index (Phi) is 5.76. The van der Waals surface area contributed by atoms with Crippen LogP contribution in [0.15, 0.2) is 18.2 Å². The molecule has 1 aromatic carbocycles. The summed E-state index contributed by atoms with van der Waals surface area (Å²) in [6.45, 7) is 0.516. The third kappa shape index (κ3) is 4.11. The van der Waals surface area contributed by atoms with E-state index in [4.69, 9.17) is 4.74 Å². The number of carbonyl (C=O) groups excluding carboxylic acids is 1. The zero-order valence-electron chi connectivity index (χ0n) is 11.8. The lowest BCUT2D eigenvalue weighted by Crippen LogP contribution is -2.20. The first-order valence-corrected chi connectivity index (χ1v) is 6.10. The lowest BCUT2D eigenvalue weighted by atomic mass is 10.2. The van der Waals surface area contributed by atoms with Gasteiger partial charge in [0.2, 0.25) is 0 Å². The van der Waals surface area contributed by atoms with Crippen molar-refractivity contribution < 1.29 is 19.2 Å². The topological polar surface area (TPSA) is 81.9 Å². The Morgan fingerprint density at radius 1 is 1.40 bits per heavy atom. The van der Waals surface area contributed by atoms with Gasteiger partial charge in [-0.05, 0) is 18.6 Å². The maximum atomic E-state index is 11.1. The van der Waals surface area contributed by atoms with Gasteiger partial charge in [0.25, 0.3) is 5.69 Å². The summed E-state index contributed by atoms with van der Waals surface area (Å²) in [6.07, 6.45) is 0.844. The summed E-state index contributed by atoms with van der Waals surface area (Å²) in [6, 6.07) is 4.68. The van der Waals surface area contributed by atoms with Gasteiger partial charge in [-0.3, -0.25) is 14.9 Å². The van der Waals surface area contributed by atoms with Gasteiger partial charge in [-0.2, -0.15) is 0 Å². The number of nitrogens with zero attached hydrogens (tertiary/aromatic N) is 2. The van der Waals surface area contributed by atoms with Crippen LogP contribution in [0.5, 0.6) is 5.75 Å². The molecule has 20 heavy (non-hydrogen) atoms. The first-order chi connectivity index (χ1) is 9.49. The minimum Gasteiger partial charge on any atom is -0.496 e. The van der Waals surface area contributed by atoms with Crippen LogP contribution in [-0.2, 0) is 9.53 Å². The van der Waals surface area contributed by atoms with Gasteiger partial charge in [-0.15, -0.1) is 0 Å². The largest absolute Gasteiger partial charge is 0.496 e. The van der Waals surface area contributed by atoms with E-state index in [1.54, 1.807) is 24.1 Å². The third-order valence-corrected chi connectivity index (χ3v) is 2.89. The number of hydrogen-bond acceptors (Lipinski definition) is 6.